The molecule has 6 heteroatoms. The number of ketones is 1. The first kappa shape index (κ1) is 10.7. The van der Waals surface area contributed by atoms with Crippen LogP contribution in [0.5, 0.6) is 0 Å². The zero-order chi connectivity index (χ0) is 7.78. The second-order valence-corrected chi connectivity index (χ2v) is 2.22. The molecule has 1 rings (SSSR count). The Morgan fingerprint density at radius 3 is 1.91 bits per heavy atom. The van der Waals surface area contributed by atoms with Crippen molar-refractivity contribution in [2.45, 2.75) is 6.18 Å². The number of Topliss-reactive ketones (excluding diaryl/α,β-unsaturated/α-hetero) is 1. The number of carbonyl (C=O) groups excluding carboxylic acids is 1. The van der Waals surface area contributed by atoms with E-state index < -0.39 is 17.9 Å². The molecule has 11 heavy (non-hydrogen) atoms. The lowest BCUT2D eigenvalue weighted by atomic mass is 9.98. The van der Waals surface area contributed by atoms with E-state index in [2.05, 4.69) is 5.32 Å². The Bertz CT molecular complexity index is 154. The van der Waals surface area contributed by atoms with Gasteiger partial charge in [0, 0.05) is 13.1 Å². The van der Waals surface area contributed by atoms with Crippen LogP contribution in [0.15, 0.2) is 0 Å². The summed E-state index contributed by atoms with van der Waals surface area (Å²) < 4.78 is 34.6. The number of nitrogens with one attached hydrogen (secondary N) is 1. The molecule has 0 bridgehead atoms. The third-order valence-corrected chi connectivity index (χ3v) is 1.43. The fraction of sp³-hybridized carbons (Fsp3) is 0.800. The molecule has 0 spiro atoms. The first-order chi connectivity index (χ1) is 4.52. The monoisotopic (exact) mass is 189 g/mol. The summed E-state index contributed by atoms with van der Waals surface area (Å²) in [5.41, 5.74) is 0. The van der Waals surface area contributed by atoms with Gasteiger partial charge in [-0.3, -0.25) is 4.79 Å². The molecule has 1 fully saturated rings. The number of hydrogen-bond donors (Lipinski definition) is 1. The van der Waals surface area contributed by atoms with Crippen molar-refractivity contribution in [2.24, 2.45) is 5.92 Å². The van der Waals surface area contributed by atoms with Gasteiger partial charge in [-0.2, -0.15) is 13.2 Å². The molecule has 0 unspecified atom stereocenters. The van der Waals surface area contributed by atoms with Crippen molar-refractivity contribution in [3.63, 3.8) is 0 Å². The summed E-state index contributed by atoms with van der Waals surface area (Å²) in [5, 5.41) is 2.59. The highest BCUT2D eigenvalue weighted by molar-refractivity contribution is 5.87. The Morgan fingerprint density at radius 1 is 1.36 bits per heavy atom. The molecule has 0 aromatic carbocycles. The summed E-state index contributed by atoms with van der Waals surface area (Å²) in [7, 11) is 0. The normalized spacial score (nSPS) is 18.5. The van der Waals surface area contributed by atoms with Crippen LogP contribution in [0.2, 0.25) is 0 Å². The fourth-order valence-electron chi connectivity index (χ4n) is 0.706. The molecule has 0 aromatic heterocycles. The van der Waals surface area contributed by atoms with Crippen molar-refractivity contribution < 1.29 is 18.0 Å². The van der Waals surface area contributed by atoms with Crippen molar-refractivity contribution in [2.75, 3.05) is 13.1 Å². The van der Waals surface area contributed by atoms with E-state index in [0.29, 0.717) is 0 Å². The molecular formula is C5H7ClF3NO. The van der Waals surface area contributed by atoms with Crippen LogP contribution in [0.25, 0.3) is 0 Å². The summed E-state index contributed by atoms with van der Waals surface area (Å²) in [6, 6.07) is 0. The van der Waals surface area contributed by atoms with Gasteiger partial charge in [-0.15, -0.1) is 12.4 Å². The van der Waals surface area contributed by atoms with E-state index in [4.69, 9.17) is 0 Å². The van der Waals surface area contributed by atoms with Gasteiger partial charge in [-0.05, 0) is 0 Å². The molecule has 1 saturated heterocycles. The zero-order valence-electron chi connectivity index (χ0n) is 5.44. The number of halogens is 4. The predicted octanol–water partition coefficient (Wildman–Crippen LogP) is 0.759. The van der Waals surface area contributed by atoms with Crippen LogP contribution in [0, 0.1) is 5.92 Å². The minimum atomic E-state index is -4.65. The van der Waals surface area contributed by atoms with E-state index in [1.165, 1.54) is 0 Å². The van der Waals surface area contributed by atoms with Crippen LogP contribution in [-0.2, 0) is 4.79 Å². The van der Waals surface area contributed by atoms with E-state index in [9.17, 15) is 18.0 Å². The summed E-state index contributed by atoms with van der Waals surface area (Å²) in [6.07, 6.45) is -4.65. The van der Waals surface area contributed by atoms with Gasteiger partial charge in [0.1, 0.15) is 0 Å². The predicted molar refractivity (Wildman–Crippen MR) is 34.7 cm³/mol. The maximum atomic E-state index is 11.5. The maximum absolute atomic E-state index is 11.5. The standard InChI is InChI=1S/C5H6F3NO.ClH/c6-5(7,8)4(10)3-1-9-2-3;/h3,9H,1-2H2;1H. The van der Waals surface area contributed by atoms with Crippen LogP contribution in [0.1, 0.15) is 0 Å². The molecule has 66 valence electrons. The minimum absolute atomic E-state index is 0. The second-order valence-electron chi connectivity index (χ2n) is 2.22. The van der Waals surface area contributed by atoms with E-state index >= 15 is 0 Å². The van der Waals surface area contributed by atoms with E-state index in [1.54, 1.807) is 0 Å². The van der Waals surface area contributed by atoms with Crippen molar-refractivity contribution in [3.05, 3.63) is 0 Å². The van der Waals surface area contributed by atoms with Gasteiger partial charge in [-0.1, -0.05) is 0 Å². The Labute approximate surface area is 67.6 Å². The van der Waals surface area contributed by atoms with Crippen molar-refractivity contribution >= 4 is 18.2 Å². The topological polar surface area (TPSA) is 29.1 Å². The first-order valence-electron chi connectivity index (χ1n) is 2.83. The van der Waals surface area contributed by atoms with Crippen molar-refractivity contribution in [3.8, 4) is 0 Å². The summed E-state index contributed by atoms with van der Waals surface area (Å²) in [4.78, 5) is 10.3. The van der Waals surface area contributed by atoms with Crippen LogP contribution >= 0.6 is 12.4 Å². The molecule has 1 heterocycles. The molecular weight excluding hydrogens is 183 g/mol. The molecule has 0 aliphatic carbocycles. The highest BCUT2D eigenvalue weighted by Gasteiger charge is 2.44. The van der Waals surface area contributed by atoms with Crippen LogP contribution in [0.4, 0.5) is 13.2 Å². The molecule has 1 aliphatic heterocycles. The van der Waals surface area contributed by atoms with Crippen molar-refractivity contribution in [1.29, 1.82) is 0 Å². The molecule has 2 nitrogen and oxygen atoms in total. The smallest absolute Gasteiger partial charge is 0.315 e. The van der Waals surface area contributed by atoms with Crippen LogP contribution < -0.4 is 5.32 Å². The third-order valence-electron chi connectivity index (χ3n) is 1.43. The van der Waals surface area contributed by atoms with Crippen LogP contribution in [-0.4, -0.2) is 25.0 Å². The molecule has 1 N–H and O–H groups in total. The molecule has 0 saturated carbocycles. The average molecular weight is 190 g/mol. The summed E-state index contributed by atoms with van der Waals surface area (Å²) in [5.74, 6) is -2.44. The Hall–Kier alpha value is -0.290. The highest BCUT2D eigenvalue weighted by Crippen LogP contribution is 2.22. The van der Waals surface area contributed by atoms with Gasteiger partial charge in [-0.25, -0.2) is 0 Å². The number of rotatable bonds is 1. The fourth-order valence-corrected chi connectivity index (χ4v) is 0.706. The van der Waals surface area contributed by atoms with E-state index in [0.717, 1.165) is 0 Å². The van der Waals surface area contributed by atoms with Gasteiger partial charge < -0.3 is 5.32 Å². The Balaban J connectivity index is 0.000001000. The van der Waals surface area contributed by atoms with Crippen molar-refractivity contribution in [1.82, 2.24) is 5.32 Å². The lowest BCUT2D eigenvalue weighted by Crippen LogP contribution is -2.50. The summed E-state index contributed by atoms with van der Waals surface area (Å²) in [6.45, 7) is 0.330. The number of hydrogen-bond acceptors (Lipinski definition) is 2. The first-order valence-corrected chi connectivity index (χ1v) is 2.83. The number of carbonyl (C=O) groups is 1. The average Bonchev–Trinajstić information content (AvgIpc) is 1.57. The largest absolute Gasteiger partial charge is 0.450 e. The SMILES string of the molecule is Cl.O=C(C1CNC1)C(F)(F)F. The minimum Gasteiger partial charge on any atom is -0.315 e. The quantitative estimate of drug-likeness (QED) is 0.660. The molecule has 0 atom stereocenters. The lowest BCUT2D eigenvalue weighted by Gasteiger charge is -2.26. The van der Waals surface area contributed by atoms with Gasteiger partial charge in [0.05, 0.1) is 5.92 Å². The lowest BCUT2D eigenvalue weighted by molar-refractivity contribution is -0.177. The zero-order valence-corrected chi connectivity index (χ0v) is 6.26. The molecule has 0 radical (unpaired) electrons. The van der Waals surface area contributed by atoms with E-state index in [1.807, 2.05) is 0 Å². The van der Waals surface area contributed by atoms with Crippen LogP contribution in [0.3, 0.4) is 0 Å². The molecule has 1 aliphatic rings. The van der Waals surface area contributed by atoms with Gasteiger partial charge >= 0.3 is 6.18 Å². The second kappa shape index (κ2) is 3.40. The Morgan fingerprint density at radius 2 is 1.82 bits per heavy atom. The molecule has 0 aromatic rings. The van der Waals surface area contributed by atoms with Gasteiger partial charge in [0.15, 0.2) is 0 Å². The molecule has 0 amide bonds. The number of alkyl halides is 3. The third kappa shape index (κ3) is 2.34. The van der Waals surface area contributed by atoms with E-state index in [-0.39, 0.29) is 25.5 Å². The maximum Gasteiger partial charge on any atom is 0.450 e. The Kier molecular flexibility index (Phi) is 3.31. The van der Waals surface area contributed by atoms with Gasteiger partial charge in [0.2, 0.25) is 5.78 Å². The highest BCUT2D eigenvalue weighted by atomic mass is 35.5. The summed E-state index contributed by atoms with van der Waals surface area (Å²) >= 11 is 0. The van der Waals surface area contributed by atoms with Gasteiger partial charge in [0.25, 0.3) is 0 Å².